The molecule has 2 aromatic carbocycles. The van der Waals surface area contributed by atoms with Crippen molar-refractivity contribution in [3.63, 3.8) is 0 Å². The number of benzene rings is 2. The minimum absolute atomic E-state index is 0.136. The van der Waals surface area contributed by atoms with E-state index in [2.05, 4.69) is 4.98 Å². The van der Waals surface area contributed by atoms with Crippen molar-refractivity contribution in [2.24, 2.45) is 0 Å². The summed E-state index contributed by atoms with van der Waals surface area (Å²) in [7, 11) is 0. The molecule has 148 valence electrons. The van der Waals surface area contributed by atoms with Gasteiger partial charge in [-0.1, -0.05) is 42.5 Å². The Labute approximate surface area is 173 Å². The summed E-state index contributed by atoms with van der Waals surface area (Å²) in [5.74, 6) is -0.140. The smallest absolute Gasteiger partial charge is 0.291 e. The van der Waals surface area contributed by atoms with Crippen LogP contribution in [0.2, 0.25) is 0 Å². The van der Waals surface area contributed by atoms with Crippen LogP contribution in [0.3, 0.4) is 0 Å². The third kappa shape index (κ3) is 2.82. The maximum atomic E-state index is 13.6. The number of rotatable bonds is 3. The average molecular weight is 396 g/mol. The molecule has 0 fully saturated rings. The zero-order valence-corrected chi connectivity index (χ0v) is 16.8. The zero-order valence-electron chi connectivity index (χ0n) is 16.8. The first-order chi connectivity index (χ1) is 14.5. The number of nitrogens with zero attached hydrogens (tertiary/aromatic N) is 2. The molecule has 0 unspecified atom stereocenters. The van der Waals surface area contributed by atoms with Crippen LogP contribution >= 0.6 is 0 Å². The van der Waals surface area contributed by atoms with Gasteiger partial charge >= 0.3 is 0 Å². The van der Waals surface area contributed by atoms with E-state index in [1.165, 1.54) is 0 Å². The maximum Gasteiger partial charge on any atom is 0.291 e. The van der Waals surface area contributed by atoms with Crippen LogP contribution in [0.5, 0.6) is 0 Å². The summed E-state index contributed by atoms with van der Waals surface area (Å²) in [4.78, 5) is 32.9. The highest BCUT2D eigenvalue weighted by Gasteiger charge is 2.42. The monoisotopic (exact) mass is 396 g/mol. The van der Waals surface area contributed by atoms with Crippen molar-refractivity contribution in [2.45, 2.75) is 26.4 Å². The van der Waals surface area contributed by atoms with E-state index in [0.717, 1.165) is 22.3 Å². The molecule has 0 bridgehead atoms. The summed E-state index contributed by atoms with van der Waals surface area (Å²) in [6.07, 6.45) is 3.43. The topological polar surface area (TPSA) is 63.4 Å². The summed E-state index contributed by atoms with van der Waals surface area (Å²) >= 11 is 0. The molecule has 0 saturated heterocycles. The van der Waals surface area contributed by atoms with Gasteiger partial charge in [-0.25, -0.2) is 0 Å². The van der Waals surface area contributed by atoms with E-state index in [9.17, 15) is 9.59 Å². The van der Waals surface area contributed by atoms with Gasteiger partial charge in [0.25, 0.3) is 5.91 Å². The second-order valence-corrected chi connectivity index (χ2v) is 7.74. The minimum Gasteiger partial charge on any atom is -0.450 e. The lowest BCUT2D eigenvalue weighted by Crippen LogP contribution is -2.29. The van der Waals surface area contributed by atoms with Gasteiger partial charge in [0.2, 0.25) is 5.76 Å². The van der Waals surface area contributed by atoms with Gasteiger partial charge in [0.05, 0.1) is 17.0 Å². The largest absolute Gasteiger partial charge is 0.450 e. The van der Waals surface area contributed by atoms with Crippen molar-refractivity contribution in [3.8, 4) is 0 Å². The molecule has 2 aromatic heterocycles. The van der Waals surface area contributed by atoms with Gasteiger partial charge in [0.1, 0.15) is 5.58 Å². The second kappa shape index (κ2) is 6.95. The molecule has 0 spiro atoms. The number of fused-ring (bicyclic) bond motifs is 2. The van der Waals surface area contributed by atoms with Crippen molar-refractivity contribution in [3.05, 3.63) is 111 Å². The van der Waals surface area contributed by atoms with Crippen LogP contribution < -0.4 is 5.43 Å². The number of aryl methyl sites for hydroxylation is 2. The molecule has 0 N–H and O–H groups in total. The average Bonchev–Trinajstić information content (AvgIpc) is 3.02. The predicted molar refractivity (Wildman–Crippen MR) is 114 cm³/mol. The first-order valence-corrected chi connectivity index (χ1v) is 9.87. The standard InChI is InChI=1S/C25H20N2O3/c1-15-11-16(2)23-19(12-15)22(28)20-21(18-8-4-3-5-9-18)27(25(29)24(20)30-23)14-17-7-6-10-26-13-17/h3-13,21H,14H2,1-2H3/t21-/m0/s1. The maximum absolute atomic E-state index is 13.6. The van der Waals surface area contributed by atoms with Crippen molar-refractivity contribution in [2.75, 3.05) is 0 Å². The van der Waals surface area contributed by atoms with E-state index in [4.69, 9.17) is 4.42 Å². The molecular weight excluding hydrogens is 376 g/mol. The van der Waals surface area contributed by atoms with Crippen LogP contribution in [0.15, 0.2) is 76.2 Å². The quantitative estimate of drug-likeness (QED) is 0.510. The molecule has 1 aliphatic heterocycles. The van der Waals surface area contributed by atoms with Gasteiger partial charge in [-0.05, 0) is 48.2 Å². The van der Waals surface area contributed by atoms with E-state index in [-0.39, 0.29) is 17.1 Å². The highest BCUT2D eigenvalue weighted by molar-refractivity contribution is 5.99. The van der Waals surface area contributed by atoms with Crippen molar-refractivity contribution < 1.29 is 9.21 Å². The fraction of sp³-hybridized carbons (Fsp3) is 0.160. The predicted octanol–water partition coefficient (Wildman–Crippen LogP) is 4.55. The highest BCUT2D eigenvalue weighted by Crippen LogP contribution is 2.39. The van der Waals surface area contributed by atoms with Crippen LogP contribution in [0.1, 0.15) is 44.4 Å². The van der Waals surface area contributed by atoms with Crippen LogP contribution in [0.25, 0.3) is 11.0 Å². The fourth-order valence-electron chi connectivity index (χ4n) is 4.31. The Morgan fingerprint density at radius 1 is 1.03 bits per heavy atom. The lowest BCUT2D eigenvalue weighted by atomic mass is 9.97. The van der Waals surface area contributed by atoms with Gasteiger partial charge in [0.15, 0.2) is 5.43 Å². The van der Waals surface area contributed by atoms with Crippen LogP contribution in [0.4, 0.5) is 0 Å². The van der Waals surface area contributed by atoms with Gasteiger partial charge in [-0.2, -0.15) is 0 Å². The zero-order chi connectivity index (χ0) is 20.8. The first kappa shape index (κ1) is 18.3. The Bertz CT molecular complexity index is 1330. The van der Waals surface area contributed by atoms with E-state index in [0.29, 0.717) is 23.1 Å². The molecular formula is C25H20N2O3. The third-order valence-electron chi connectivity index (χ3n) is 5.59. The Morgan fingerprint density at radius 3 is 2.57 bits per heavy atom. The molecule has 1 aliphatic rings. The normalized spacial score (nSPS) is 15.6. The number of carbonyl (C=O) groups excluding carboxylic acids is 1. The number of pyridine rings is 1. The minimum atomic E-state index is -0.504. The molecule has 0 radical (unpaired) electrons. The number of amides is 1. The molecule has 4 aromatic rings. The Hall–Kier alpha value is -3.73. The van der Waals surface area contributed by atoms with Gasteiger partial charge < -0.3 is 9.32 Å². The molecule has 5 heteroatoms. The first-order valence-electron chi connectivity index (χ1n) is 9.87. The van der Waals surface area contributed by atoms with Crippen LogP contribution in [-0.2, 0) is 6.54 Å². The van der Waals surface area contributed by atoms with Crippen LogP contribution in [0, 0.1) is 13.8 Å². The van der Waals surface area contributed by atoms with E-state index in [1.807, 2.05) is 68.4 Å². The van der Waals surface area contributed by atoms with Crippen molar-refractivity contribution >= 4 is 16.9 Å². The molecule has 5 rings (SSSR count). The lowest BCUT2D eigenvalue weighted by Gasteiger charge is -2.25. The molecule has 3 heterocycles. The van der Waals surface area contributed by atoms with Gasteiger partial charge in [-0.3, -0.25) is 14.6 Å². The second-order valence-electron chi connectivity index (χ2n) is 7.74. The van der Waals surface area contributed by atoms with Gasteiger partial charge in [0, 0.05) is 18.9 Å². The molecule has 30 heavy (non-hydrogen) atoms. The van der Waals surface area contributed by atoms with E-state index in [1.54, 1.807) is 17.3 Å². The number of hydrogen-bond donors (Lipinski definition) is 0. The Morgan fingerprint density at radius 2 is 1.83 bits per heavy atom. The summed E-state index contributed by atoms with van der Waals surface area (Å²) in [6, 6.07) is 16.7. The van der Waals surface area contributed by atoms with Crippen LogP contribution in [-0.4, -0.2) is 15.8 Å². The van der Waals surface area contributed by atoms with Crippen molar-refractivity contribution in [1.29, 1.82) is 0 Å². The number of carbonyl (C=O) groups is 1. The van der Waals surface area contributed by atoms with E-state index < -0.39 is 6.04 Å². The Kier molecular flexibility index (Phi) is 4.24. The Balaban J connectivity index is 1.76. The summed E-state index contributed by atoms with van der Waals surface area (Å²) in [5, 5.41) is 0.517. The van der Waals surface area contributed by atoms with Gasteiger partial charge in [-0.15, -0.1) is 0 Å². The number of aromatic nitrogens is 1. The van der Waals surface area contributed by atoms with Crippen molar-refractivity contribution in [1.82, 2.24) is 9.88 Å². The summed E-state index contributed by atoms with van der Waals surface area (Å²) < 4.78 is 6.10. The molecule has 1 atom stereocenters. The lowest BCUT2D eigenvalue weighted by molar-refractivity contribution is 0.0714. The highest BCUT2D eigenvalue weighted by atomic mass is 16.3. The fourth-order valence-corrected chi connectivity index (χ4v) is 4.31. The molecule has 0 saturated carbocycles. The summed E-state index contributed by atoms with van der Waals surface area (Å²) in [5.41, 5.74) is 4.35. The number of hydrogen-bond acceptors (Lipinski definition) is 4. The van der Waals surface area contributed by atoms with E-state index >= 15 is 0 Å². The molecule has 5 nitrogen and oxygen atoms in total. The summed E-state index contributed by atoms with van der Waals surface area (Å²) in [6.45, 7) is 4.18. The molecule has 0 aliphatic carbocycles. The third-order valence-corrected chi connectivity index (χ3v) is 5.59. The molecule has 1 amide bonds. The SMILES string of the molecule is Cc1cc(C)c2oc3c(c(=O)c2c1)[C@H](c1ccccc1)N(Cc1cccnc1)C3=O.